The zero-order valence-corrected chi connectivity index (χ0v) is 6.91. The van der Waals surface area contributed by atoms with Crippen molar-refractivity contribution in [3.05, 3.63) is 24.0 Å². The zero-order valence-electron chi connectivity index (χ0n) is 6.91. The second-order valence-electron chi connectivity index (χ2n) is 2.70. The molecule has 0 fully saturated rings. The molecule has 1 aromatic rings. The van der Waals surface area contributed by atoms with Gasteiger partial charge in [-0.3, -0.25) is 4.98 Å². The fourth-order valence-electron chi connectivity index (χ4n) is 0.993. The van der Waals surface area contributed by atoms with Crippen molar-refractivity contribution in [1.82, 2.24) is 4.98 Å². The third kappa shape index (κ3) is 2.23. The van der Waals surface area contributed by atoms with Gasteiger partial charge in [0.1, 0.15) is 5.69 Å². The summed E-state index contributed by atoms with van der Waals surface area (Å²) in [4.78, 5) is 3.40. The van der Waals surface area contributed by atoms with Crippen LogP contribution in [0, 0.1) is 0 Å². The van der Waals surface area contributed by atoms with Gasteiger partial charge in [0, 0.05) is 18.6 Å². The average Bonchev–Trinajstić information content (AvgIpc) is 2.03. The molecule has 0 atom stereocenters. The van der Waals surface area contributed by atoms with Crippen LogP contribution in [-0.2, 0) is 5.92 Å². The molecule has 1 rings (SSSR count). The van der Waals surface area contributed by atoms with E-state index < -0.39 is 18.7 Å². The van der Waals surface area contributed by atoms with Crippen molar-refractivity contribution < 1.29 is 18.8 Å². The average molecular weight is 187 g/mol. The predicted molar refractivity (Wildman–Crippen MR) is 43.6 cm³/mol. The molecular weight excluding hydrogens is 179 g/mol. The minimum absolute atomic E-state index is 0.269. The summed E-state index contributed by atoms with van der Waals surface area (Å²) in [7, 11) is -1.92. The van der Waals surface area contributed by atoms with Crippen molar-refractivity contribution >= 4 is 12.6 Å². The summed E-state index contributed by atoms with van der Waals surface area (Å²) in [5.41, 5.74) is -0.875. The molecule has 13 heavy (non-hydrogen) atoms. The van der Waals surface area contributed by atoms with Gasteiger partial charge in [0.2, 0.25) is 0 Å². The summed E-state index contributed by atoms with van der Waals surface area (Å²) in [5, 5.41) is 17.5. The van der Waals surface area contributed by atoms with Crippen molar-refractivity contribution in [1.29, 1.82) is 0 Å². The van der Waals surface area contributed by atoms with Gasteiger partial charge in [0.15, 0.2) is 0 Å². The fraction of sp³-hybridized carbons (Fsp3) is 0.286. The highest BCUT2D eigenvalue weighted by Crippen LogP contribution is 2.23. The van der Waals surface area contributed by atoms with Crippen molar-refractivity contribution in [2.75, 3.05) is 0 Å². The molecule has 1 heterocycles. The number of hydrogen-bond donors (Lipinski definition) is 2. The van der Waals surface area contributed by atoms with E-state index in [1.165, 1.54) is 18.3 Å². The summed E-state index contributed by atoms with van der Waals surface area (Å²) in [5.74, 6) is -3.17. The number of nitrogens with zero attached hydrogens (tertiary/aromatic N) is 1. The maximum atomic E-state index is 12.8. The Labute approximate surface area is 74.2 Å². The predicted octanol–water partition coefficient (Wildman–Crippen LogP) is -0.127. The number of alkyl halides is 2. The number of hydrogen-bond acceptors (Lipinski definition) is 3. The Kier molecular flexibility index (Phi) is 2.63. The first kappa shape index (κ1) is 10.1. The number of halogens is 2. The summed E-state index contributed by atoms with van der Waals surface area (Å²) >= 11 is 0. The van der Waals surface area contributed by atoms with Crippen LogP contribution in [0.15, 0.2) is 18.3 Å². The molecule has 70 valence electrons. The topological polar surface area (TPSA) is 53.4 Å². The Hall–Kier alpha value is -1.01. The first-order valence-electron chi connectivity index (χ1n) is 3.62. The molecule has 3 nitrogen and oxygen atoms in total. The van der Waals surface area contributed by atoms with Gasteiger partial charge in [-0.25, -0.2) is 0 Å². The van der Waals surface area contributed by atoms with Crippen LogP contribution in [0.4, 0.5) is 8.78 Å². The number of aromatic nitrogens is 1. The summed E-state index contributed by atoms with van der Waals surface area (Å²) in [6, 6.07) is 2.56. The highest BCUT2D eigenvalue weighted by molar-refractivity contribution is 6.59. The van der Waals surface area contributed by atoms with E-state index in [1.54, 1.807) is 0 Å². The lowest BCUT2D eigenvalue weighted by Gasteiger charge is -2.13. The molecule has 0 aliphatic heterocycles. The van der Waals surface area contributed by atoms with Crippen LogP contribution in [0.3, 0.4) is 0 Å². The van der Waals surface area contributed by atoms with Gasteiger partial charge < -0.3 is 10.0 Å². The Balaban J connectivity index is 3.20. The first-order chi connectivity index (χ1) is 5.93. The summed E-state index contributed by atoms with van der Waals surface area (Å²) in [6.45, 7) is 0.654. The van der Waals surface area contributed by atoms with Gasteiger partial charge in [-0.1, -0.05) is 6.07 Å². The monoisotopic (exact) mass is 187 g/mol. The van der Waals surface area contributed by atoms with Crippen LogP contribution in [-0.4, -0.2) is 22.2 Å². The molecule has 0 aliphatic rings. The molecule has 0 amide bonds. The third-order valence-corrected chi connectivity index (χ3v) is 1.53. The Morgan fingerprint density at radius 1 is 1.46 bits per heavy atom. The van der Waals surface area contributed by atoms with E-state index in [-0.39, 0.29) is 5.46 Å². The van der Waals surface area contributed by atoms with E-state index in [0.717, 1.165) is 0 Å². The smallest absolute Gasteiger partial charge is 0.423 e. The standard InChI is InChI=1S/C7H8BF2NO2/c1-7(9,10)6-5(8(12)13)3-2-4-11-6/h2-4,12-13H,1H3. The van der Waals surface area contributed by atoms with Gasteiger partial charge in [-0.15, -0.1) is 0 Å². The van der Waals surface area contributed by atoms with Gasteiger partial charge in [-0.05, 0) is 6.07 Å². The molecule has 0 saturated heterocycles. The van der Waals surface area contributed by atoms with Crippen LogP contribution in [0.25, 0.3) is 0 Å². The maximum Gasteiger partial charge on any atom is 0.490 e. The SMILES string of the molecule is CC(F)(F)c1ncccc1B(O)O. The summed E-state index contributed by atoms with van der Waals surface area (Å²) in [6.07, 6.45) is 1.18. The maximum absolute atomic E-state index is 12.8. The Bertz CT molecular complexity index is 301. The van der Waals surface area contributed by atoms with Crippen molar-refractivity contribution in [3.63, 3.8) is 0 Å². The van der Waals surface area contributed by atoms with Gasteiger partial charge >= 0.3 is 7.12 Å². The summed E-state index contributed by atoms with van der Waals surface area (Å²) < 4.78 is 25.6. The molecule has 2 N–H and O–H groups in total. The van der Waals surface area contributed by atoms with Crippen molar-refractivity contribution in [2.24, 2.45) is 0 Å². The minimum Gasteiger partial charge on any atom is -0.423 e. The first-order valence-corrected chi connectivity index (χ1v) is 3.62. The molecule has 0 spiro atoms. The lowest BCUT2D eigenvalue weighted by atomic mass is 9.78. The van der Waals surface area contributed by atoms with E-state index in [0.29, 0.717) is 6.92 Å². The number of rotatable bonds is 2. The molecule has 0 bridgehead atoms. The number of pyridine rings is 1. The minimum atomic E-state index is -3.17. The van der Waals surface area contributed by atoms with Crippen LogP contribution in [0.2, 0.25) is 0 Å². The van der Waals surface area contributed by atoms with E-state index in [9.17, 15) is 8.78 Å². The quantitative estimate of drug-likeness (QED) is 0.634. The van der Waals surface area contributed by atoms with E-state index in [1.807, 2.05) is 0 Å². The van der Waals surface area contributed by atoms with Gasteiger partial charge in [-0.2, -0.15) is 8.78 Å². The lowest BCUT2D eigenvalue weighted by Crippen LogP contribution is -2.37. The fourth-order valence-corrected chi connectivity index (χ4v) is 0.993. The molecule has 0 aliphatic carbocycles. The molecule has 1 aromatic heterocycles. The van der Waals surface area contributed by atoms with Crippen LogP contribution >= 0.6 is 0 Å². The van der Waals surface area contributed by atoms with E-state index in [2.05, 4.69) is 4.98 Å². The molecule has 0 unspecified atom stereocenters. The van der Waals surface area contributed by atoms with Crippen LogP contribution < -0.4 is 5.46 Å². The highest BCUT2D eigenvalue weighted by Gasteiger charge is 2.32. The molecule has 0 aromatic carbocycles. The molecular formula is C7H8BF2NO2. The zero-order chi connectivity index (χ0) is 10.1. The lowest BCUT2D eigenvalue weighted by molar-refractivity contribution is 0.0136. The largest absolute Gasteiger partial charge is 0.490 e. The second kappa shape index (κ2) is 3.39. The van der Waals surface area contributed by atoms with E-state index in [4.69, 9.17) is 10.0 Å². The Morgan fingerprint density at radius 3 is 2.46 bits per heavy atom. The third-order valence-electron chi connectivity index (χ3n) is 1.53. The highest BCUT2D eigenvalue weighted by atomic mass is 19.3. The van der Waals surface area contributed by atoms with Crippen LogP contribution in [0.1, 0.15) is 12.6 Å². The van der Waals surface area contributed by atoms with Crippen molar-refractivity contribution in [2.45, 2.75) is 12.8 Å². The molecule has 6 heteroatoms. The molecule has 0 radical (unpaired) electrons. The normalized spacial score (nSPS) is 11.5. The second-order valence-corrected chi connectivity index (χ2v) is 2.70. The van der Waals surface area contributed by atoms with E-state index >= 15 is 0 Å². The Morgan fingerprint density at radius 2 is 2.08 bits per heavy atom. The van der Waals surface area contributed by atoms with Crippen LogP contribution in [0.5, 0.6) is 0 Å². The molecule has 0 saturated carbocycles. The van der Waals surface area contributed by atoms with Gasteiger partial charge in [0.05, 0.1) is 0 Å². The van der Waals surface area contributed by atoms with Gasteiger partial charge in [0.25, 0.3) is 5.92 Å². The van der Waals surface area contributed by atoms with Crippen molar-refractivity contribution in [3.8, 4) is 0 Å².